The Morgan fingerprint density at radius 3 is 2.50 bits per heavy atom. The summed E-state index contributed by atoms with van der Waals surface area (Å²) in [5.41, 5.74) is 0. The number of nitrogens with one attached hydrogen (secondary N) is 1. The first-order valence-corrected chi connectivity index (χ1v) is 8.55. The van der Waals surface area contributed by atoms with Crippen molar-refractivity contribution < 1.29 is 9.59 Å². The predicted molar refractivity (Wildman–Crippen MR) is 69.5 cm³/mol. The van der Waals surface area contributed by atoms with Crippen LogP contribution in [-0.2, 0) is 9.59 Å². The van der Waals surface area contributed by atoms with Gasteiger partial charge in [0.15, 0.2) is 5.12 Å². The zero-order chi connectivity index (χ0) is 11.1. The van der Waals surface area contributed by atoms with Crippen molar-refractivity contribution in [3.8, 4) is 0 Å². The highest BCUT2D eigenvalue weighted by Crippen LogP contribution is 2.28. The van der Waals surface area contributed by atoms with E-state index in [0.717, 1.165) is 5.75 Å². The molecule has 0 aromatic heterocycles. The van der Waals surface area contributed by atoms with E-state index in [2.05, 4.69) is 17.0 Å². The minimum atomic E-state index is -0.917. The van der Waals surface area contributed by atoms with E-state index in [9.17, 15) is 9.59 Å². The number of thioether (sulfide) groups is 1. The monoisotopic (exact) mass is 255 g/mol. The second kappa shape index (κ2) is 7.48. The van der Waals surface area contributed by atoms with E-state index in [1.54, 1.807) is 18.0 Å². The van der Waals surface area contributed by atoms with Crippen LogP contribution >= 0.6 is 33.3 Å². The van der Waals surface area contributed by atoms with Crippen LogP contribution in [0.1, 0.15) is 13.3 Å². The molecule has 0 fully saturated rings. The fourth-order valence-corrected chi connectivity index (χ4v) is 2.50. The smallest absolute Gasteiger partial charge is 0.217 e. The molecule has 84 valence electrons. The van der Waals surface area contributed by atoms with Gasteiger partial charge in [0, 0.05) is 6.92 Å². The standard InChI is InChI=1S/C8H17NO2S3/c1-6(10)9-7(4-5-13-2)8(11)14(3)12/h7,12,14H,4-5H2,1-3H3,(H,9,10). The molecule has 0 radical (unpaired) electrons. The minimum absolute atomic E-state index is 0.0487. The molecule has 3 nitrogen and oxygen atoms in total. The zero-order valence-electron chi connectivity index (χ0n) is 8.61. The molecule has 1 N–H and O–H groups in total. The molecule has 1 amide bonds. The summed E-state index contributed by atoms with van der Waals surface area (Å²) in [6.45, 7) is 1.43. The van der Waals surface area contributed by atoms with Crippen molar-refractivity contribution in [2.24, 2.45) is 0 Å². The van der Waals surface area contributed by atoms with Crippen LogP contribution in [0, 0.1) is 0 Å². The van der Waals surface area contributed by atoms with Crippen LogP contribution in [-0.4, -0.2) is 35.3 Å². The molecule has 0 bridgehead atoms. The largest absolute Gasteiger partial charge is 0.346 e. The van der Waals surface area contributed by atoms with E-state index in [-0.39, 0.29) is 17.1 Å². The second-order valence-electron chi connectivity index (χ2n) is 2.90. The Labute approximate surface area is 96.9 Å². The molecular formula is C8H17NO2S3. The van der Waals surface area contributed by atoms with Gasteiger partial charge < -0.3 is 5.32 Å². The highest BCUT2D eigenvalue weighted by atomic mass is 33.1. The van der Waals surface area contributed by atoms with E-state index >= 15 is 0 Å². The van der Waals surface area contributed by atoms with Gasteiger partial charge in [0.1, 0.15) is 0 Å². The van der Waals surface area contributed by atoms with Gasteiger partial charge in [0.25, 0.3) is 0 Å². The molecule has 0 aromatic carbocycles. The summed E-state index contributed by atoms with van der Waals surface area (Å²) in [4.78, 5) is 22.5. The van der Waals surface area contributed by atoms with E-state index in [1.807, 2.05) is 6.26 Å². The molecule has 6 heteroatoms. The van der Waals surface area contributed by atoms with Crippen LogP contribution in [0.2, 0.25) is 0 Å². The zero-order valence-corrected chi connectivity index (χ0v) is 11.2. The Morgan fingerprint density at radius 1 is 1.57 bits per heavy atom. The van der Waals surface area contributed by atoms with Crippen molar-refractivity contribution in [3.05, 3.63) is 0 Å². The number of carbonyl (C=O) groups excluding carboxylic acids is 2. The second-order valence-corrected chi connectivity index (χ2v) is 7.17. The number of amides is 1. The lowest BCUT2D eigenvalue weighted by Gasteiger charge is -2.19. The summed E-state index contributed by atoms with van der Waals surface area (Å²) in [5, 5.41) is 2.71. The molecule has 0 aromatic rings. The van der Waals surface area contributed by atoms with Crippen molar-refractivity contribution in [2.45, 2.75) is 19.4 Å². The minimum Gasteiger partial charge on any atom is -0.346 e. The van der Waals surface area contributed by atoms with Crippen LogP contribution in [0.3, 0.4) is 0 Å². The van der Waals surface area contributed by atoms with Crippen LogP contribution in [0.4, 0.5) is 0 Å². The Bertz CT molecular complexity index is 209. The van der Waals surface area contributed by atoms with Crippen molar-refractivity contribution in [3.63, 3.8) is 0 Å². The van der Waals surface area contributed by atoms with Crippen molar-refractivity contribution in [1.29, 1.82) is 0 Å². The van der Waals surface area contributed by atoms with Gasteiger partial charge in [0.2, 0.25) is 5.91 Å². The molecule has 2 atom stereocenters. The molecule has 0 heterocycles. The highest BCUT2D eigenvalue weighted by Gasteiger charge is 2.20. The lowest BCUT2D eigenvalue weighted by Crippen LogP contribution is -2.39. The van der Waals surface area contributed by atoms with Crippen molar-refractivity contribution >= 4 is 44.4 Å². The molecular weight excluding hydrogens is 238 g/mol. The molecule has 0 aliphatic carbocycles. The molecule has 0 saturated carbocycles. The third kappa shape index (κ3) is 5.82. The van der Waals surface area contributed by atoms with Gasteiger partial charge in [-0.15, -0.1) is 21.6 Å². The topological polar surface area (TPSA) is 46.2 Å². The van der Waals surface area contributed by atoms with E-state index in [1.165, 1.54) is 6.92 Å². The van der Waals surface area contributed by atoms with E-state index in [4.69, 9.17) is 0 Å². The number of thiol groups is 2. The normalized spacial score (nSPS) is 15.9. The first-order valence-electron chi connectivity index (χ1n) is 4.21. The average molecular weight is 255 g/mol. The third-order valence-electron chi connectivity index (χ3n) is 1.61. The molecule has 0 saturated heterocycles. The molecule has 0 aliphatic rings. The summed E-state index contributed by atoms with van der Waals surface area (Å²) in [6.07, 6.45) is 4.45. The number of hydrogen-bond donors (Lipinski definition) is 3. The summed E-state index contributed by atoms with van der Waals surface area (Å²) >= 11 is 5.80. The lowest BCUT2D eigenvalue weighted by atomic mass is 10.2. The van der Waals surface area contributed by atoms with Gasteiger partial charge in [-0.25, -0.2) is 0 Å². The van der Waals surface area contributed by atoms with Crippen LogP contribution < -0.4 is 5.32 Å². The first-order chi connectivity index (χ1) is 6.49. The Balaban J connectivity index is 4.22. The predicted octanol–water partition coefficient (Wildman–Crippen LogP) is 1.25. The molecule has 0 aliphatic heterocycles. The maximum atomic E-state index is 11.6. The molecule has 0 spiro atoms. The maximum Gasteiger partial charge on any atom is 0.217 e. The van der Waals surface area contributed by atoms with Gasteiger partial charge in [-0.2, -0.15) is 11.8 Å². The average Bonchev–Trinajstić information content (AvgIpc) is 2.10. The fraction of sp³-hybridized carbons (Fsp3) is 0.750. The highest BCUT2D eigenvalue weighted by molar-refractivity contribution is 8.84. The number of carbonyl (C=O) groups is 2. The van der Waals surface area contributed by atoms with Crippen molar-refractivity contribution in [1.82, 2.24) is 5.32 Å². The number of hydrogen-bond acceptors (Lipinski definition) is 4. The Morgan fingerprint density at radius 2 is 2.14 bits per heavy atom. The van der Waals surface area contributed by atoms with Gasteiger partial charge in [-0.1, -0.05) is 0 Å². The summed E-state index contributed by atoms with van der Waals surface area (Å²) < 4.78 is 0. The Hall–Kier alpha value is 0.190. The van der Waals surface area contributed by atoms with Crippen LogP contribution in [0.15, 0.2) is 0 Å². The quantitative estimate of drug-likeness (QED) is 0.512. The van der Waals surface area contributed by atoms with Gasteiger partial charge in [-0.3, -0.25) is 9.59 Å². The fourth-order valence-electron chi connectivity index (χ4n) is 0.964. The molecule has 0 rings (SSSR count). The van der Waals surface area contributed by atoms with E-state index < -0.39 is 9.93 Å². The van der Waals surface area contributed by atoms with Crippen molar-refractivity contribution in [2.75, 3.05) is 18.3 Å². The van der Waals surface area contributed by atoms with Gasteiger partial charge >= 0.3 is 0 Å². The van der Waals surface area contributed by atoms with E-state index in [0.29, 0.717) is 6.42 Å². The third-order valence-corrected chi connectivity index (χ3v) is 3.79. The summed E-state index contributed by atoms with van der Waals surface area (Å²) in [7, 11) is -0.917. The number of rotatable bonds is 5. The Kier molecular flexibility index (Phi) is 7.58. The first kappa shape index (κ1) is 14.2. The van der Waals surface area contributed by atoms with Crippen LogP contribution in [0.5, 0.6) is 0 Å². The summed E-state index contributed by atoms with van der Waals surface area (Å²) in [6, 6.07) is -0.353. The maximum absolute atomic E-state index is 11.6. The molecule has 2 unspecified atom stereocenters. The van der Waals surface area contributed by atoms with Crippen LogP contribution in [0.25, 0.3) is 0 Å². The van der Waals surface area contributed by atoms with Gasteiger partial charge in [0.05, 0.1) is 6.04 Å². The molecule has 14 heavy (non-hydrogen) atoms. The van der Waals surface area contributed by atoms with Gasteiger partial charge in [-0.05, 0) is 24.7 Å². The summed E-state index contributed by atoms with van der Waals surface area (Å²) in [5.74, 6) is 0.711. The SMILES string of the molecule is CSCCC(NC(C)=O)C(=O)[SH](C)S. The lowest BCUT2D eigenvalue weighted by molar-refractivity contribution is -0.123.